The maximum atomic E-state index is 5.71. The summed E-state index contributed by atoms with van der Waals surface area (Å²) in [5.41, 5.74) is 8.98. The summed E-state index contributed by atoms with van der Waals surface area (Å²) in [6.07, 6.45) is 6.14. The summed E-state index contributed by atoms with van der Waals surface area (Å²) in [5.74, 6) is 2.45. The van der Waals surface area contributed by atoms with Crippen molar-refractivity contribution >= 4 is 22.9 Å². The van der Waals surface area contributed by atoms with Crippen LogP contribution in [-0.2, 0) is 11.3 Å². The summed E-state index contributed by atoms with van der Waals surface area (Å²) >= 11 is 0. The number of nitrogens with zero attached hydrogens (tertiary/aromatic N) is 7. The Morgan fingerprint density at radius 1 is 1.15 bits per heavy atom. The van der Waals surface area contributed by atoms with Gasteiger partial charge in [0.2, 0.25) is 5.95 Å². The molecular formula is C18H22N8O. The molecule has 27 heavy (non-hydrogen) atoms. The highest BCUT2D eigenvalue weighted by Gasteiger charge is 2.25. The number of morpholine rings is 1. The highest BCUT2D eigenvalue weighted by atomic mass is 16.5. The van der Waals surface area contributed by atoms with Crippen LogP contribution in [0.5, 0.6) is 0 Å². The van der Waals surface area contributed by atoms with Crippen molar-refractivity contribution in [3.05, 3.63) is 18.2 Å². The number of imidazole rings is 1. The lowest BCUT2D eigenvalue weighted by molar-refractivity contribution is 0.122. The third-order valence-corrected chi connectivity index (χ3v) is 5.15. The Labute approximate surface area is 156 Å². The summed E-state index contributed by atoms with van der Waals surface area (Å²) in [6.45, 7) is 5.81. The van der Waals surface area contributed by atoms with E-state index in [9.17, 15) is 0 Å². The molecule has 2 N–H and O–H groups in total. The third-order valence-electron chi connectivity index (χ3n) is 5.15. The first-order valence-electron chi connectivity index (χ1n) is 9.34. The molecule has 1 saturated heterocycles. The minimum Gasteiger partial charge on any atom is -0.378 e. The number of fused-ring (bicyclic) bond motifs is 1. The number of hydrogen-bond donors (Lipinski definition) is 1. The van der Waals surface area contributed by atoms with Gasteiger partial charge >= 0.3 is 0 Å². The van der Waals surface area contributed by atoms with Crippen molar-refractivity contribution in [1.29, 1.82) is 0 Å². The minimum atomic E-state index is 0.254. The van der Waals surface area contributed by atoms with E-state index < -0.39 is 0 Å². The van der Waals surface area contributed by atoms with Crippen LogP contribution in [0.3, 0.4) is 0 Å². The Balaban J connectivity index is 1.67. The fourth-order valence-corrected chi connectivity index (χ4v) is 3.46. The highest BCUT2D eigenvalue weighted by molar-refractivity contribution is 5.86. The molecule has 1 aliphatic carbocycles. The van der Waals surface area contributed by atoms with E-state index >= 15 is 0 Å². The van der Waals surface area contributed by atoms with Crippen molar-refractivity contribution in [1.82, 2.24) is 29.5 Å². The number of nitrogen functional groups attached to an aromatic ring is 1. The average molecular weight is 366 g/mol. The molecule has 0 unspecified atom stereocenters. The molecule has 5 rings (SSSR count). The molecule has 2 fully saturated rings. The molecule has 0 bridgehead atoms. The molecule has 3 aromatic rings. The smallest absolute Gasteiger partial charge is 0.220 e. The van der Waals surface area contributed by atoms with E-state index in [0.717, 1.165) is 53.8 Å². The van der Waals surface area contributed by atoms with Crippen molar-refractivity contribution in [3.63, 3.8) is 0 Å². The van der Waals surface area contributed by atoms with Crippen LogP contribution in [-0.4, -0.2) is 55.8 Å². The molecule has 1 saturated carbocycles. The molecule has 1 aliphatic heterocycles. The molecule has 0 radical (unpaired) electrons. The molecule has 0 atom stereocenters. The molecule has 4 heterocycles. The van der Waals surface area contributed by atoms with E-state index in [-0.39, 0.29) is 5.95 Å². The van der Waals surface area contributed by atoms with Crippen molar-refractivity contribution in [3.8, 4) is 11.4 Å². The van der Waals surface area contributed by atoms with Gasteiger partial charge in [0.1, 0.15) is 0 Å². The Kier molecular flexibility index (Phi) is 3.89. The number of aryl methyl sites for hydroxylation is 1. The van der Waals surface area contributed by atoms with Gasteiger partial charge in [-0.2, -0.15) is 0 Å². The molecule has 9 nitrogen and oxygen atoms in total. The lowest BCUT2D eigenvalue weighted by Gasteiger charge is -2.28. The molecule has 0 aromatic carbocycles. The van der Waals surface area contributed by atoms with Gasteiger partial charge in [0.15, 0.2) is 22.8 Å². The summed E-state index contributed by atoms with van der Waals surface area (Å²) in [4.78, 5) is 25.0. The number of hydrogen-bond acceptors (Lipinski definition) is 8. The monoisotopic (exact) mass is 366 g/mol. The predicted molar refractivity (Wildman–Crippen MR) is 101 cm³/mol. The fraction of sp³-hybridized carbons (Fsp3) is 0.500. The quantitative estimate of drug-likeness (QED) is 0.739. The van der Waals surface area contributed by atoms with Crippen LogP contribution in [0.2, 0.25) is 0 Å². The van der Waals surface area contributed by atoms with Crippen LogP contribution < -0.4 is 10.6 Å². The van der Waals surface area contributed by atoms with Gasteiger partial charge in [-0.15, -0.1) is 0 Å². The molecular weight excluding hydrogens is 344 g/mol. The number of aromatic nitrogens is 6. The minimum absolute atomic E-state index is 0.254. The fourth-order valence-electron chi connectivity index (χ4n) is 3.46. The van der Waals surface area contributed by atoms with Gasteiger partial charge < -0.3 is 19.9 Å². The van der Waals surface area contributed by atoms with Gasteiger partial charge in [-0.05, 0) is 25.7 Å². The zero-order valence-corrected chi connectivity index (χ0v) is 15.3. The van der Waals surface area contributed by atoms with Gasteiger partial charge in [0.25, 0.3) is 0 Å². The number of anilines is 2. The van der Waals surface area contributed by atoms with Crippen LogP contribution in [0.15, 0.2) is 12.5 Å². The van der Waals surface area contributed by atoms with E-state index in [1.165, 1.54) is 12.8 Å². The van der Waals surface area contributed by atoms with Crippen molar-refractivity contribution in [2.45, 2.75) is 26.3 Å². The largest absolute Gasteiger partial charge is 0.378 e. The zero-order chi connectivity index (χ0) is 18.4. The van der Waals surface area contributed by atoms with Crippen molar-refractivity contribution < 1.29 is 4.74 Å². The van der Waals surface area contributed by atoms with Crippen LogP contribution in [0.25, 0.3) is 22.6 Å². The molecule has 140 valence electrons. The van der Waals surface area contributed by atoms with E-state index in [0.29, 0.717) is 19.0 Å². The first-order valence-corrected chi connectivity index (χ1v) is 9.34. The van der Waals surface area contributed by atoms with Gasteiger partial charge in [0.05, 0.1) is 30.8 Å². The summed E-state index contributed by atoms with van der Waals surface area (Å²) in [5, 5.41) is 0. The van der Waals surface area contributed by atoms with Crippen molar-refractivity contribution in [2.75, 3.05) is 36.9 Å². The van der Waals surface area contributed by atoms with Gasteiger partial charge in [-0.1, -0.05) is 0 Å². The second-order valence-electron chi connectivity index (χ2n) is 7.21. The topological polar surface area (TPSA) is 108 Å². The summed E-state index contributed by atoms with van der Waals surface area (Å²) < 4.78 is 7.65. The van der Waals surface area contributed by atoms with Gasteiger partial charge in [-0.25, -0.2) is 24.9 Å². The first-order chi connectivity index (χ1) is 13.2. The summed E-state index contributed by atoms with van der Waals surface area (Å²) in [6, 6.07) is 0. The maximum absolute atomic E-state index is 5.71. The van der Waals surface area contributed by atoms with E-state index in [4.69, 9.17) is 20.4 Å². The normalized spacial score (nSPS) is 17.6. The highest BCUT2D eigenvalue weighted by Crippen LogP contribution is 2.33. The van der Waals surface area contributed by atoms with Gasteiger partial charge in [-0.3, -0.25) is 0 Å². The molecule has 2 aliphatic rings. The Morgan fingerprint density at radius 3 is 2.70 bits per heavy atom. The number of ether oxygens (including phenoxy) is 1. The SMILES string of the molecule is Cc1nc(N)ncc1-c1nc(N2CCOCC2)c2ncn(CC3CC3)c2n1. The Morgan fingerprint density at radius 2 is 1.96 bits per heavy atom. The van der Waals surface area contributed by atoms with Crippen LogP contribution in [0, 0.1) is 12.8 Å². The van der Waals surface area contributed by atoms with Crippen LogP contribution >= 0.6 is 0 Å². The number of rotatable bonds is 4. The molecule has 0 spiro atoms. The predicted octanol–water partition coefficient (Wildman–Crippen LogP) is 1.42. The maximum Gasteiger partial charge on any atom is 0.220 e. The second-order valence-corrected chi connectivity index (χ2v) is 7.21. The van der Waals surface area contributed by atoms with Gasteiger partial charge in [0, 0.05) is 25.8 Å². The van der Waals surface area contributed by atoms with Crippen molar-refractivity contribution in [2.24, 2.45) is 5.92 Å². The zero-order valence-electron chi connectivity index (χ0n) is 15.3. The second kappa shape index (κ2) is 6.41. The summed E-state index contributed by atoms with van der Waals surface area (Å²) in [7, 11) is 0. The molecule has 0 amide bonds. The van der Waals surface area contributed by atoms with E-state index in [2.05, 4.69) is 24.4 Å². The average Bonchev–Trinajstić information content (AvgIpc) is 3.41. The lowest BCUT2D eigenvalue weighted by Crippen LogP contribution is -2.37. The Hall–Kier alpha value is -2.81. The van der Waals surface area contributed by atoms with Crippen LogP contribution in [0.1, 0.15) is 18.5 Å². The Bertz CT molecular complexity index is 990. The van der Waals surface area contributed by atoms with E-state index in [1.807, 2.05) is 13.3 Å². The standard InChI is InChI=1S/C18H22N8O/c1-11-13(8-20-18(19)22-11)15-23-16(25-4-6-27-7-5-25)14-17(24-15)26(10-21-14)9-12-2-3-12/h8,10,12H,2-7,9H2,1H3,(H2,19,20,22). The van der Waals surface area contributed by atoms with E-state index in [1.54, 1.807) is 6.20 Å². The lowest BCUT2D eigenvalue weighted by atomic mass is 10.2. The first kappa shape index (κ1) is 16.4. The third kappa shape index (κ3) is 3.08. The molecule has 3 aromatic heterocycles. The number of nitrogens with two attached hydrogens (primary N) is 1. The molecule has 9 heteroatoms. The van der Waals surface area contributed by atoms with Crippen LogP contribution in [0.4, 0.5) is 11.8 Å².